The van der Waals surface area contributed by atoms with Crippen LogP contribution in [0.2, 0.25) is 0 Å². The Balaban J connectivity index is 1.48. The lowest BCUT2D eigenvalue weighted by Crippen LogP contribution is -2.29. The summed E-state index contributed by atoms with van der Waals surface area (Å²) in [6, 6.07) is 16.0. The van der Waals surface area contributed by atoms with Gasteiger partial charge in [-0.25, -0.2) is 13.5 Å². The van der Waals surface area contributed by atoms with Crippen molar-refractivity contribution in [1.82, 2.24) is 0 Å². The van der Waals surface area contributed by atoms with Crippen molar-refractivity contribution >= 4 is 0 Å². The molecule has 0 aliphatic heterocycles. The molecule has 0 atom stereocenters. The summed E-state index contributed by atoms with van der Waals surface area (Å²) in [6.07, 6.45) is -3.56. The third-order valence-corrected chi connectivity index (χ3v) is 7.05. The van der Waals surface area contributed by atoms with E-state index in [2.05, 4.69) is 23.8 Å². The Bertz CT molecular complexity index is 1170. The van der Waals surface area contributed by atoms with Crippen LogP contribution >= 0.6 is 0 Å². The van der Waals surface area contributed by atoms with Gasteiger partial charge in [-0.15, -0.1) is 13.2 Å². The Morgan fingerprint density at radius 3 is 1.62 bits per heavy atom. The Hall–Kier alpha value is -2.87. The van der Waals surface area contributed by atoms with Gasteiger partial charge in [0.2, 0.25) is 0 Å². The van der Waals surface area contributed by atoms with Crippen LogP contribution in [0.4, 0.5) is 30.7 Å². The van der Waals surface area contributed by atoms with E-state index >= 15 is 0 Å². The molecule has 0 aromatic heterocycles. The lowest BCUT2D eigenvalue weighted by atomic mass is 9.77. The van der Waals surface area contributed by atoms with Gasteiger partial charge < -0.3 is 0 Å². The standard InChI is InChI=1S/C29H27F7O/c1-2-3-18-4-6-19(7-5-18)20-8-10-21(11-9-20)22-12-14-23(15-13-22)24-16-25(30)27(26(31)17-24)28(32,33)37-29(34,35)36/h8-19H,2-7H2,1H3. The van der Waals surface area contributed by atoms with Crippen molar-refractivity contribution in [1.29, 1.82) is 0 Å². The van der Waals surface area contributed by atoms with Gasteiger partial charge in [-0.05, 0) is 77.5 Å². The van der Waals surface area contributed by atoms with Gasteiger partial charge in [0.05, 0.1) is 0 Å². The van der Waals surface area contributed by atoms with Crippen LogP contribution in [0.3, 0.4) is 0 Å². The fraction of sp³-hybridized carbons (Fsp3) is 0.379. The van der Waals surface area contributed by atoms with E-state index in [9.17, 15) is 30.7 Å². The number of ether oxygens (including phenoxy) is 1. The molecule has 3 aromatic carbocycles. The van der Waals surface area contributed by atoms with Crippen LogP contribution in [0.15, 0.2) is 60.7 Å². The number of hydrogen-bond acceptors (Lipinski definition) is 1. The van der Waals surface area contributed by atoms with Gasteiger partial charge in [0.1, 0.15) is 17.2 Å². The highest BCUT2D eigenvalue weighted by atomic mass is 19.4. The molecule has 8 heteroatoms. The van der Waals surface area contributed by atoms with Crippen LogP contribution in [-0.2, 0) is 10.8 Å². The van der Waals surface area contributed by atoms with Crippen LogP contribution in [-0.4, -0.2) is 6.36 Å². The first-order chi connectivity index (χ1) is 17.5. The maximum Gasteiger partial charge on any atom is 0.527 e. The summed E-state index contributed by atoms with van der Waals surface area (Å²) in [6.45, 7) is 2.23. The molecule has 4 rings (SSSR count). The summed E-state index contributed by atoms with van der Waals surface area (Å²) in [7, 11) is 0. The van der Waals surface area contributed by atoms with E-state index in [1.54, 1.807) is 24.3 Å². The molecule has 0 heterocycles. The minimum Gasteiger partial charge on any atom is -0.222 e. The normalized spacial score (nSPS) is 18.7. The Kier molecular flexibility index (Phi) is 7.97. The minimum absolute atomic E-state index is 0.0952. The monoisotopic (exact) mass is 524 g/mol. The summed E-state index contributed by atoms with van der Waals surface area (Å²) in [4.78, 5) is 0. The predicted molar refractivity (Wildman–Crippen MR) is 128 cm³/mol. The van der Waals surface area contributed by atoms with E-state index in [-0.39, 0.29) is 5.56 Å². The van der Waals surface area contributed by atoms with Crippen LogP contribution in [0.5, 0.6) is 0 Å². The maximum atomic E-state index is 14.3. The highest BCUT2D eigenvalue weighted by molar-refractivity contribution is 5.71. The zero-order valence-electron chi connectivity index (χ0n) is 20.2. The summed E-state index contributed by atoms with van der Waals surface area (Å²) in [5.74, 6) is -2.28. The van der Waals surface area contributed by atoms with Crippen molar-refractivity contribution < 1.29 is 35.5 Å². The van der Waals surface area contributed by atoms with Gasteiger partial charge in [-0.2, -0.15) is 8.78 Å². The molecule has 0 unspecified atom stereocenters. The topological polar surface area (TPSA) is 9.23 Å². The first-order valence-corrected chi connectivity index (χ1v) is 12.3. The van der Waals surface area contributed by atoms with Gasteiger partial charge in [0, 0.05) is 0 Å². The second kappa shape index (κ2) is 10.9. The Labute approximate surface area is 211 Å². The lowest BCUT2D eigenvalue weighted by molar-refractivity contribution is -0.432. The fourth-order valence-corrected chi connectivity index (χ4v) is 5.21. The molecule has 1 fully saturated rings. The SMILES string of the molecule is CCCC1CCC(c2ccc(-c3ccc(-c4cc(F)c(C(F)(F)OC(F)(F)F)c(F)c4)cc3)cc2)CC1. The molecular formula is C29H27F7O. The molecule has 198 valence electrons. The van der Waals surface area contributed by atoms with Crippen LogP contribution < -0.4 is 0 Å². The molecule has 1 nitrogen and oxygen atoms in total. The van der Waals surface area contributed by atoms with Gasteiger partial charge in [0.15, 0.2) is 0 Å². The van der Waals surface area contributed by atoms with Crippen molar-refractivity contribution in [3.8, 4) is 22.3 Å². The van der Waals surface area contributed by atoms with E-state index in [1.165, 1.54) is 44.1 Å². The fourth-order valence-electron chi connectivity index (χ4n) is 5.21. The summed E-state index contributed by atoms with van der Waals surface area (Å²) < 4.78 is 95.4. The number of benzene rings is 3. The maximum absolute atomic E-state index is 14.3. The highest BCUT2D eigenvalue weighted by Gasteiger charge is 2.49. The summed E-state index contributed by atoms with van der Waals surface area (Å²) in [5, 5.41) is 0. The minimum atomic E-state index is -5.77. The average Bonchev–Trinajstić information content (AvgIpc) is 2.83. The molecule has 1 aliphatic carbocycles. The zero-order chi connectivity index (χ0) is 26.8. The van der Waals surface area contributed by atoms with Gasteiger partial charge in [0.25, 0.3) is 0 Å². The Morgan fingerprint density at radius 2 is 1.16 bits per heavy atom. The van der Waals surface area contributed by atoms with E-state index in [0.29, 0.717) is 23.6 Å². The van der Waals surface area contributed by atoms with Crippen LogP contribution in [0.25, 0.3) is 22.3 Å². The molecule has 1 aliphatic rings. The molecule has 0 amide bonds. The molecular weight excluding hydrogens is 497 g/mol. The molecule has 0 N–H and O–H groups in total. The van der Waals surface area contributed by atoms with Crippen molar-refractivity contribution in [2.45, 2.75) is 63.8 Å². The Morgan fingerprint density at radius 1 is 0.703 bits per heavy atom. The second-order valence-corrected chi connectivity index (χ2v) is 9.59. The molecule has 37 heavy (non-hydrogen) atoms. The largest absolute Gasteiger partial charge is 0.527 e. The smallest absolute Gasteiger partial charge is 0.222 e. The quantitative estimate of drug-likeness (QED) is 0.280. The van der Waals surface area contributed by atoms with Crippen LogP contribution in [0.1, 0.15) is 62.5 Å². The highest BCUT2D eigenvalue weighted by Crippen LogP contribution is 2.41. The second-order valence-electron chi connectivity index (χ2n) is 9.59. The first kappa shape index (κ1) is 27.2. The van der Waals surface area contributed by atoms with Crippen molar-refractivity contribution in [2.24, 2.45) is 5.92 Å². The van der Waals surface area contributed by atoms with Crippen molar-refractivity contribution in [2.75, 3.05) is 0 Å². The lowest BCUT2D eigenvalue weighted by Gasteiger charge is -2.28. The molecule has 3 aromatic rings. The molecule has 0 spiro atoms. The molecule has 0 bridgehead atoms. The number of hydrogen-bond donors (Lipinski definition) is 0. The van der Waals surface area contributed by atoms with E-state index < -0.39 is 29.7 Å². The summed E-state index contributed by atoms with van der Waals surface area (Å²) in [5.41, 5.74) is 1.24. The van der Waals surface area contributed by atoms with Gasteiger partial charge in [-0.1, -0.05) is 68.3 Å². The summed E-state index contributed by atoms with van der Waals surface area (Å²) >= 11 is 0. The molecule has 1 saturated carbocycles. The number of rotatable bonds is 7. The first-order valence-electron chi connectivity index (χ1n) is 12.3. The molecule has 0 radical (unpaired) electrons. The van der Waals surface area contributed by atoms with Gasteiger partial charge >= 0.3 is 12.5 Å². The number of alkyl halides is 5. The third-order valence-electron chi connectivity index (χ3n) is 7.05. The van der Waals surface area contributed by atoms with Crippen molar-refractivity contribution in [3.05, 3.63) is 83.4 Å². The molecule has 0 saturated heterocycles. The van der Waals surface area contributed by atoms with E-state index in [1.807, 2.05) is 12.1 Å². The van der Waals surface area contributed by atoms with Gasteiger partial charge in [-0.3, -0.25) is 0 Å². The van der Waals surface area contributed by atoms with Crippen molar-refractivity contribution in [3.63, 3.8) is 0 Å². The van der Waals surface area contributed by atoms with Crippen LogP contribution in [0, 0.1) is 17.6 Å². The number of halogens is 7. The zero-order valence-corrected chi connectivity index (χ0v) is 20.2. The third kappa shape index (κ3) is 6.53. The average molecular weight is 525 g/mol. The predicted octanol–water partition coefficient (Wildman–Crippen LogP) is 9.96. The van der Waals surface area contributed by atoms with E-state index in [4.69, 9.17) is 0 Å². The van der Waals surface area contributed by atoms with E-state index in [0.717, 1.165) is 17.0 Å².